The van der Waals surface area contributed by atoms with E-state index in [9.17, 15) is 0 Å². The van der Waals surface area contributed by atoms with Gasteiger partial charge in [0.25, 0.3) is 0 Å². The first kappa shape index (κ1) is 11.9. The van der Waals surface area contributed by atoms with Gasteiger partial charge in [-0.25, -0.2) is 0 Å². The standard InChI is InChI=1S/C14H19N3S/c15-14(18)11-1-3-12(4-2-11)16-7-9-17(10-8-16)13-5-6-13/h1-4,13H,5-10H2,(H2,15,18). The average Bonchev–Trinajstić information content (AvgIpc) is 3.23. The number of rotatable bonds is 3. The molecule has 18 heavy (non-hydrogen) atoms. The molecule has 1 aromatic rings. The van der Waals surface area contributed by atoms with Crippen LogP contribution in [0.25, 0.3) is 0 Å². The second kappa shape index (κ2) is 4.86. The maximum Gasteiger partial charge on any atom is 0.103 e. The van der Waals surface area contributed by atoms with Gasteiger partial charge in [0.05, 0.1) is 0 Å². The van der Waals surface area contributed by atoms with Crippen LogP contribution in [0.5, 0.6) is 0 Å². The van der Waals surface area contributed by atoms with Gasteiger partial charge in [0.1, 0.15) is 4.99 Å². The minimum Gasteiger partial charge on any atom is -0.389 e. The maximum absolute atomic E-state index is 5.61. The minimum absolute atomic E-state index is 0.472. The van der Waals surface area contributed by atoms with Crippen molar-refractivity contribution in [2.45, 2.75) is 18.9 Å². The molecule has 1 aromatic carbocycles. The SMILES string of the molecule is NC(=S)c1ccc(N2CCN(C3CC3)CC2)cc1. The summed E-state index contributed by atoms with van der Waals surface area (Å²) in [7, 11) is 0. The van der Waals surface area contributed by atoms with E-state index in [0.29, 0.717) is 4.99 Å². The number of anilines is 1. The quantitative estimate of drug-likeness (QED) is 0.838. The normalized spacial score (nSPS) is 21.0. The van der Waals surface area contributed by atoms with Gasteiger partial charge in [0, 0.05) is 43.5 Å². The van der Waals surface area contributed by atoms with E-state index in [4.69, 9.17) is 18.0 Å². The predicted molar refractivity (Wildman–Crippen MR) is 79.1 cm³/mol. The Balaban J connectivity index is 1.62. The molecule has 0 atom stereocenters. The van der Waals surface area contributed by atoms with Crippen LogP contribution in [-0.4, -0.2) is 42.1 Å². The van der Waals surface area contributed by atoms with Crippen LogP contribution in [0.15, 0.2) is 24.3 Å². The molecule has 0 spiro atoms. The summed E-state index contributed by atoms with van der Waals surface area (Å²) in [4.78, 5) is 5.54. The van der Waals surface area contributed by atoms with E-state index in [-0.39, 0.29) is 0 Å². The summed E-state index contributed by atoms with van der Waals surface area (Å²) < 4.78 is 0. The van der Waals surface area contributed by atoms with Gasteiger partial charge in [-0.3, -0.25) is 4.90 Å². The van der Waals surface area contributed by atoms with Crippen molar-refractivity contribution in [3.05, 3.63) is 29.8 Å². The molecular formula is C14H19N3S. The lowest BCUT2D eigenvalue weighted by Crippen LogP contribution is -2.47. The van der Waals surface area contributed by atoms with Crippen LogP contribution in [0.3, 0.4) is 0 Å². The summed E-state index contributed by atoms with van der Waals surface area (Å²) in [6.07, 6.45) is 2.81. The van der Waals surface area contributed by atoms with Gasteiger partial charge in [-0.15, -0.1) is 0 Å². The van der Waals surface area contributed by atoms with E-state index in [0.717, 1.165) is 24.7 Å². The fourth-order valence-corrected chi connectivity index (χ4v) is 2.76. The molecule has 2 aliphatic rings. The lowest BCUT2D eigenvalue weighted by molar-refractivity contribution is 0.248. The topological polar surface area (TPSA) is 32.5 Å². The van der Waals surface area contributed by atoms with Gasteiger partial charge in [0.15, 0.2) is 0 Å². The highest BCUT2D eigenvalue weighted by Gasteiger charge is 2.31. The molecule has 1 aliphatic heterocycles. The molecule has 0 aromatic heterocycles. The zero-order valence-electron chi connectivity index (χ0n) is 10.5. The molecule has 1 saturated heterocycles. The molecule has 2 fully saturated rings. The van der Waals surface area contributed by atoms with Gasteiger partial charge < -0.3 is 10.6 Å². The van der Waals surface area contributed by atoms with Gasteiger partial charge in [-0.2, -0.15) is 0 Å². The van der Waals surface area contributed by atoms with Crippen molar-refractivity contribution < 1.29 is 0 Å². The largest absolute Gasteiger partial charge is 0.389 e. The zero-order valence-corrected chi connectivity index (χ0v) is 11.3. The number of benzene rings is 1. The zero-order chi connectivity index (χ0) is 12.5. The van der Waals surface area contributed by atoms with Crippen LogP contribution < -0.4 is 10.6 Å². The highest BCUT2D eigenvalue weighted by Crippen LogP contribution is 2.28. The Morgan fingerprint density at radius 3 is 2.17 bits per heavy atom. The van der Waals surface area contributed by atoms with Crippen LogP contribution in [0.4, 0.5) is 5.69 Å². The summed E-state index contributed by atoms with van der Waals surface area (Å²) in [6, 6.07) is 9.18. The molecule has 1 aliphatic carbocycles. The first-order valence-electron chi connectivity index (χ1n) is 6.63. The van der Waals surface area contributed by atoms with E-state index in [1.54, 1.807) is 0 Å². The lowest BCUT2D eigenvalue weighted by Gasteiger charge is -2.36. The first-order valence-corrected chi connectivity index (χ1v) is 7.04. The maximum atomic E-state index is 5.61. The van der Waals surface area contributed by atoms with Gasteiger partial charge >= 0.3 is 0 Å². The predicted octanol–water partition coefficient (Wildman–Crippen LogP) is 1.61. The fraction of sp³-hybridized carbons (Fsp3) is 0.500. The van der Waals surface area contributed by atoms with Crippen molar-refractivity contribution in [3.8, 4) is 0 Å². The van der Waals surface area contributed by atoms with E-state index >= 15 is 0 Å². The average molecular weight is 261 g/mol. The van der Waals surface area contributed by atoms with Crippen molar-refractivity contribution in [1.82, 2.24) is 4.90 Å². The van der Waals surface area contributed by atoms with E-state index in [1.807, 2.05) is 12.1 Å². The number of hydrogen-bond donors (Lipinski definition) is 1. The summed E-state index contributed by atoms with van der Waals surface area (Å²) in [5.41, 5.74) is 7.84. The Hall–Kier alpha value is -1.13. The van der Waals surface area contributed by atoms with Gasteiger partial charge in [-0.1, -0.05) is 12.2 Å². The monoisotopic (exact) mass is 261 g/mol. The van der Waals surface area contributed by atoms with Crippen molar-refractivity contribution in [1.29, 1.82) is 0 Å². The Kier molecular flexibility index (Phi) is 3.22. The molecular weight excluding hydrogens is 242 g/mol. The third kappa shape index (κ3) is 2.49. The summed E-state index contributed by atoms with van der Waals surface area (Å²) in [6.45, 7) is 4.65. The molecule has 96 valence electrons. The Morgan fingerprint density at radius 1 is 1.06 bits per heavy atom. The van der Waals surface area contributed by atoms with E-state index in [1.165, 1.54) is 31.6 Å². The summed E-state index contributed by atoms with van der Waals surface area (Å²) in [5.74, 6) is 0. The van der Waals surface area contributed by atoms with Crippen LogP contribution in [0, 0.1) is 0 Å². The smallest absolute Gasteiger partial charge is 0.103 e. The molecule has 0 amide bonds. The van der Waals surface area contributed by atoms with Gasteiger partial charge in [-0.05, 0) is 37.1 Å². The van der Waals surface area contributed by atoms with Crippen molar-refractivity contribution in [3.63, 3.8) is 0 Å². The molecule has 0 bridgehead atoms. The number of thiocarbonyl (C=S) groups is 1. The molecule has 1 saturated carbocycles. The fourth-order valence-electron chi connectivity index (χ4n) is 2.62. The van der Waals surface area contributed by atoms with Gasteiger partial charge in [0.2, 0.25) is 0 Å². The third-order valence-corrected chi connectivity index (χ3v) is 4.13. The Morgan fingerprint density at radius 2 is 1.67 bits per heavy atom. The van der Waals surface area contributed by atoms with Crippen molar-refractivity contribution in [2.75, 3.05) is 31.1 Å². The summed E-state index contributed by atoms with van der Waals surface area (Å²) in [5, 5.41) is 0. The van der Waals surface area contributed by atoms with Crippen LogP contribution in [-0.2, 0) is 0 Å². The third-order valence-electron chi connectivity index (χ3n) is 3.89. The number of piperazine rings is 1. The number of nitrogens with two attached hydrogens (primary N) is 1. The second-order valence-electron chi connectivity index (χ2n) is 5.17. The van der Waals surface area contributed by atoms with Crippen molar-refractivity contribution >= 4 is 22.9 Å². The molecule has 0 unspecified atom stereocenters. The Labute approximate surface area is 114 Å². The molecule has 4 heteroatoms. The van der Waals surface area contributed by atoms with E-state index in [2.05, 4.69) is 21.9 Å². The Bertz CT molecular complexity index is 431. The lowest BCUT2D eigenvalue weighted by atomic mass is 10.2. The minimum atomic E-state index is 0.472. The van der Waals surface area contributed by atoms with Crippen LogP contribution >= 0.6 is 12.2 Å². The number of hydrogen-bond acceptors (Lipinski definition) is 3. The molecule has 3 nitrogen and oxygen atoms in total. The van der Waals surface area contributed by atoms with Crippen LogP contribution in [0.2, 0.25) is 0 Å². The molecule has 3 rings (SSSR count). The van der Waals surface area contributed by atoms with Crippen molar-refractivity contribution in [2.24, 2.45) is 5.73 Å². The van der Waals surface area contributed by atoms with Crippen LogP contribution in [0.1, 0.15) is 18.4 Å². The number of nitrogens with zero attached hydrogens (tertiary/aromatic N) is 2. The summed E-state index contributed by atoms with van der Waals surface area (Å²) >= 11 is 4.97. The highest BCUT2D eigenvalue weighted by molar-refractivity contribution is 7.80. The molecule has 0 radical (unpaired) electrons. The highest BCUT2D eigenvalue weighted by atomic mass is 32.1. The first-order chi connectivity index (χ1) is 8.74. The molecule has 2 N–H and O–H groups in total. The molecule has 1 heterocycles. The van der Waals surface area contributed by atoms with E-state index < -0.39 is 0 Å². The second-order valence-corrected chi connectivity index (χ2v) is 5.61.